The molecule has 0 aromatic carbocycles. The zero-order valence-electron chi connectivity index (χ0n) is 9.83. The summed E-state index contributed by atoms with van der Waals surface area (Å²) in [6.07, 6.45) is 5.11. The van der Waals surface area contributed by atoms with Crippen molar-refractivity contribution in [1.82, 2.24) is 10.2 Å². The molecule has 1 saturated heterocycles. The summed E-state index contributed by atoms with van der Waals surface area (Å²) in [7, 11) is 0. The van der Waals surface area contributed by atoms with Crippen LogP contribution in [0.2, 0.25) is 0 Å². The number of hydrogen-bond acceptors (Lipinski definition) is 3. The molecule has 1 aliphatic carbocycles. The molecule has 0 radical (unpaired) electrons. The molecular formula is C12H22N2S. The van der Waals surface area contributed by atoms with Gasteiger partial charge >= 0.3 is 0 Å². The van der Waals surface area contributed by atoms with Crippen molar-refractivity contribution in [1.29, 1.82) is 0 Å². The molecule has 0 aromatic rings. The van der Waals surface area contributed by atoms with Gasteiger partial charge in [-0.3, -0.25) is 4.90 Å². The van der Waals surface area contributed by atoms with Crippen molar-refractivity contribution in [2.24, 2.45) is 0 Å². The van der Waals surface area contributed by atoms with E-state index in [2.05, 4.69) is 24.1 Å². The van der Waals surface area contributed by atoms with E-state index < -0.39 is 0 Å². The molecule has 2 fully saturated rings. The highest BCUT2D eigenvalue weighted by Crippen LogP contribution is 2.28. The maximum absolute atomic E-state index is 5.36. The van der Waals surface area contributed by atoms with E-state index in [1.165, 1.54) is 30.7 Å². The van der Waals surface area contributed by atoms with Crippen molar-refractivity contribution in [2.75, 3.05) is 13.1 Å². The van der Waals surface area contributed by atoms with E-state index in [4.69, 9.17) is 12.2 Å². The van der Waals surface area contributed by atoms with E-state index in [-0.39, 0.29) is 0 Å². The molecule has 0 bridgehead atoms. The van der Waals surface area contributed by atoms with Gasteiger partial charge in [-0.05, 0) is 39.5 Å². The maximum atomic E-state index is 5.36. The molecule has 1 heterocycles. The standard InChI is InChI=1S/C12H22N2S/c1-9(2)14(10-3-4-10)8-6-11-12(15)5-7-13-11/h9-11,13H,3-8H2,1-2H3. The van der Waals surface area contributed by atoms with Crippen LogP contribution in [0.5, 0.6) is 0 Å². The van der Waals surface area contributed by atoms with Gasteiger partial charge in [0.1, 0.15) is 0 Å². The predicted molar refractivity (Wildman–Crippen MR) is 68.5 cm³/mol. The lowest BCUT2D eigenvalue weighted by Crippen LogP contribution is -2.38. The summed E-state index contributed by atoms with van der Waals surface area (Å²) in [6.45, 7) is 6.91. The van der Waals surface area contributed by atoms with Crippen LogP contribution in [0.15, 0.2) is 0 Å². The van der Waals surface area contributed by atoms with Crippen LogP contribution in [0.25, 0.3) is 0 Å². The van der Waals surface area contributed by atoms with Crippen LogP contribution < -0.4 is 5.32 Å². The summed E-state index contributed by atoms with van der Waals surface area (Å²) < 4.78 is 0. The van der Waals surface area contributed by atoms with Gasteiger partial charge in [0.25, 0.3) is 0 Å². The first-order valence-corrected chi connectivity index (χ1v) is 6.61. The predicted octanol–water partition coefficient (Wildman–Crippen LogP) is 1.98. The quantitative estimate of drug-likeness (QED) is 0.722. The van der Waals surface area contributed by atoms with Crippen LogP contribution >= 0.6 is 12.2 Å². The Morgan fingerprint density at radius 3 is 2.67 bits per heavy atom. The zero-order valence-corrected chi connectivity index (χ0v) is 10.6. The van der Waals surface area contributed by atoms with E-state index in [9.17, 15) is 0 Å². The van der Waals surface area contributed by atoms with E-state index in [1.807, 2.05) is 0 Å². The van der Waals surface area contributed by atoms with Gasteiger partial charge in [-0.2, -0.15) is 0 Å². The summed E-state index contributed by atoms with van der Waals surface area (Å²) in [5.74, 6) is 0. The summed E-state index contributed by atoms with van der Waals surface area (Å²) in [4.78, 5) is 3.89. The highest BCUT2D eigenvalue weighted by atomic mass is 32.1. The van der Waals surface area contributed by atoms with E-state index in [1.54, 1.807) is 0 Å². The van der Waals surface area contributed by atoms with Gasteiger partial charge in [0.05, 0.1) is 0 Å². The number of nitrogens with one attached hydrogen (secondary N) is 1. The maximum Gasteiger partial charge on any atom is 0.0396 e. The molecule has 1 aliphatic heterocycles. The Kier molecular flexibility index (Phi) is 3.75. The van der Waals surface area contributed by atoms with E-state index >= 15 is 0 Å². The van der Waals surface area contributed by atoms with Crippen LogP contribution in [0.3, 0.4) is 0 Å². The third kappa shape index (κ3) is 2.99. The van der Waals surface area contributed by atoms with Crippen molar-refractivity contribution in [3.8, 4) is 0 Å². The second-order valence-electron chi connectivity index (χ2n) is 5.07. The number of rotatable bonds is 5. The molecule has 0 spiro atoms. The summed E-state index contributed by atoms with van der Waals surface area (Å²) in [6, 6.07) is 2.08. The average molecular weight is 226 g/mol. The van der Waals surface area contributed by atoms with Crippen molar-refractivity contribution < 1.29 is 0 Å². The molecule has 0 aromatic heterocycles. The Balaban J connectivity index is 1.77. The summed E-state index contributed by atoms with van der Waals surface area (Å²) >= 11 is 5.36. The Morgan fingerprint density at radius 2 is 2.20 bits per heavy atom. The topological polar surface area (TPSA) is 15.3 Å². The Hall–Kier alpha value is 0.01000. The number of thiocarbonyl (C=S) groups is 1. The minimum atomic E-state index is 0.514. The lowest BCUT2D eigenvalue weighted by atomic mass is 10.1. The smallest absolute Gasteiger partial charge is 0.0396 e. The van der Waals surface area contributed by atoms with Crippen molar-refractivity contribution in [3.05, 3.63) is 0 Å². The van der Waals surface area contributed by atoms with Crippen LogP contribution in [-0.2, 0) is 0 Å². The first-order chi connectivity index (χ1) is 7.18. The molecule has 3 heteroatoms. The van der Waals surface area contributed by atoms with E-state index in [0.717, 1.165) is 19.0 Å². The Morgan fingerprint density at radius 1 is 1.47 bits per heavy atom. The molecule has 1 N–H and O–H groups in total. The third-order valence-corrected chi connectivity index (χ3v) is 3.99. The van der Waals surface area contributed by atoms with Gasteiger partial charge in [0.2, 0.25) is 0 Å². The Bertz CT molecular complexity index is 234. The minimum Gasteiger partial charge on any atom is -0.309 e. The van der Waals surface area contributed by atoms with Crippen LogP contribution in [0.1, 0.15) is 39.5 Å². The zero-order chi connectivity index (χ0) is 10.8. The minimum absolute atomic E-state index is 0.514. The molecule has 0 amide bonds. The lowest BCUT2D eigenvalue weighted by molar-refractivity contribution is 0.206. The molecule has 2 nitrogen and oxygen atoms in total. The van der Waals surface area contributed by atoms with E-state index in [0.29, 0.717) is 12.1 Å². The fourth-order valence-electron chi connectivity index (χ4n) is 2.47. The number of nitrogens with zero attached hydrogens (tertiary/aromatic N) is 1. The molecular weight excluding hydrogens is 204 g/mol. The van der Waals surface area contributed by atoms with Gasteiger partial charge in [-0.25, -0.2) is 0 Å². The first kappa shape index (κ1) is 11.5. The van der Waals surface area contributed by atoms with Gasteiger partial charge in [0.15, 0.2) is 0 Å². The molecule has 2 rings (SSSR count). The largest absolute Gasteiger partial charge is 0.309 e. The number of hydrogen-bond donors (Lipinski definition) is 1. The third-order valence-electron chi connectivity index (χ3n) is 3.51. The van der Waals surface area contributed by atoms with Crippen LogP contribution in [-0.4, -0.2) is 41.0 Å². The highest BCUT2D eigenvalue weighted by molar-refractivity contribution is 7.80. The normalized spacial score (nSPS) is 26.9. The van der Waals surface area contributed by atoms with Gasteiger partial charge in [0, 0.05) is 36.1 Å². The fourth-order valence-corrected chi connectivity index (χ4v) is 2.77. The molecule has 86 valence electrons. The molecule has 2 aliphatic rings. The molecule has 1 saturated carbocycles. The van der Waals surface area contributed by atoms with Crippen molar-refractivity contribution >= 4 is 17.1 Å². The monoisotopic (exact) mass is 226 g/mol. The summed E-state index contributed by atoms with van der Waals surface area (Å²) in [5.41, 5.74) is 0. The van der Waals surface area contributed by atoms with Crippen molar-refractivity contribution in [3.63, 3.8) is 0 Å². The SMILES string of the molecule is CC(C)N(CCC1NCCC1=S)C1CC1. The lowest BCUT2D eigenvalue weighted by Gasteiger charge is -2.27. The summed E-state index contributed by atoms with van der Waals surface area (Å²) in [5, 5.41) is 3.49. The molecule has 1 unspecified atom stereocenters. The molecule has 1 atom stereocenters. The fraction of sp³-hybridized carbons (Fsp3) is 0.917. The average Bonchev–Trinajstić information content (AvgIpc) is 2.92. The Labute approximate surface area is 98.4 Å². The van der Waals surface area contributed by atoms with Crippen molar-refractivity contribution in [2.45, 2.75) is 57.7 Å². The van der Waals surface area contributed by atoms with Crippen LogP contribution in [0, 0.1) is 0 Å². The second kappa shape index (κ2) is 4.89. The first-order valence-electron chi connectivity index (χ1n) is 6.20. The van der Waals surface area contributed by atoms with Gasteiger partial charge in [-0.1, -0.05) is 12.2 Å². The molecule has 15 heavy (non-hydrogen) atoms. The van der Waals surface area contributed by atoms with Gasteiger partial charge in [-0.15, -0.1) is 0 Å². The highest BCUT2D eigenvalue weighted by Gasteiger charge is 2.31. The van der Waals surface area contributed by atoms with Crippen LogP contribution in [0.4, 0.5) is 0 Å². The van der Waals surface area contributed by atoms with Gasteiger partial charge < -0.3 is 5.32 Å². The second-order valence-corrected chi connectivity index (χ2v) is 5.60.